The van der Waals surface area contributed by atoms with Crippen molar-refractivity contribution in [3.63, 3.8) is 0 Å². The minimum Gasteiger partial charge on any atom is -0.439 e. The molecule has 0 radical (unpaired) electrons. The van der Waals surface area contributed by atoms with Crippen LogP contribution in [0.4, 0.5) is 0 Å². The highest BCUT2D eigenvalue weighted by molar-refractivity contribution is 6.31. The molecule has 2 aromatic rings. The molecule has 0 unspecified atom stereocenters. The Hall–Kier alpha value is -1.58. The van der Waals surface area contributed by atoms with E-state index in [1.54, 1.807) is 6.07 Å². The Kier molecular flexibility index (Phi) is 4.63. The summed E-state index contributed by atoms with van der Waals surface area (Å²) in [7, 11) is 0. The number of hydrogen-bond donors (Lipinski definition) is 1. The number of aliphatic hydroxyl groups is 1. The smallest absolute Gasteiger partial charge is 0.219 e. The third-order valence-electron chi connectivity index (χ3n) is 3.17. The summed E-state index contributed by atoms with van der Waals surface area (Å²) in [4.78, 5) is 4.10. The van der Waals surface area contributed by atoms with Gasteiger partial charge in [0.2, 0.25) is 5.88 Å². The molecule has 0 saturated carbocycles. The van der Waals surface area contributed by atoms with E-state index < -0.39 is 0 Å². The number of hydrogen-bond acceptors (Lipinski definition) is 3. The molecule has 20 heavy (non-hydrogen) atoms. The first kappa shape index (κ1) is 14.8. The molecule has 0 bridgehead atoms. The van der Waals surface area contributed by atoms with E-state index in [4.69, 9.17) is 16.3 Å². The molecule has 0 amide bonds. The first-order valence-corrected chi connectivity index (χ1v) is 6.92. The van der Waals surface area contributed by atoms with Gasteiger partial charge in [-0.3, -0.25) is 0 Å². The van der Waals surface area contributed by atoms with E-state index in [9.17, 15) is 5.11 Å². The van der Waals surface area contributed by atoms with Crippen LogP contribution in [0.15, 0.2) is 30.5 Å². The largest absolute Gasteiger partial charge is 0.439 e. The van der Waals surface area contributed by atoms with Crippen LogP contribution < -0.4 is 4.74 Å². The highest BCUT2D eigenvalue weighted by Gasteiger charge is 2.07. The fourth-order valence-corrected chi connectivity index (χ4v) is 2.28. The summed E-state index contributed by atoms with van der Waals surface area (Å²) in [6.07, 6.45) is 1.48. The second kappa shape index (κ2) is 6.25. The lowest BCUT2D eigenvalue weighted by Gasteiger charge is -2.12. The van der Waals surface area contributed by atoms with Crippen LogP contribution in [0.25, 0.3) is 0 Å². The van der Waals surface area contributed by atoms with Gasteiger partial charge in [-0.25, -0.2) is 4.98 Å². The van der Waals surface area contributed by atoms with Gasteiger partial charge in [0, 0.05) is 17.8 Å². The Morgan fingerprint density at radius 3 is 2.65 bits per heavy atom. The maximum atomic E-state index is 9.18. The number of ether oxygens (including phenoxy) is 1. The number of pyridine rings is 1. The lowest BCUT2D eigenvalue weighted by molar-refractivity contribution is 0.281. The van der Waals surface area contributed by atoms with Gasteiger partial charge in [-0.2, -0.15) is 0 Å². The summed E-state index contributed by atoms with van der Waals surface area (Å²) in [5.41, 5.74) is 3.10. The van der Waals surface area contributed by atoms with Gasteiger partial charge in [0.05, 0.1) is 11.6 Å². The minimum absolute atomic E-state index is 0.136. The van der Waals surface area contributed by atoms with Crippen molar-refractivity contribution in [3.8, 4) is 11.6 Å². The average Bonchev–Trinajstić information content (AvgIpc) is 2.40. The van der Waals surface area contributed by atoms with Crippen LogP contribution in [0.1, 0.15) is 36.5 Å². The monoisotopic (exact) mass is 291 g/mol. The zero-order valence-electron chi connectivity index (χ0n) is 11.9. The van der Waals surface area contributed by atoms with Crippen LogP contribution in [0.3, 0.4) is 0 Å². The number of aryl methyl sites for hydroxylation is 1. The molecule has 2 rings (SSSR count). The van der Waals surface area contributed by atoms with Crippen LogP contribution in [-0.4, -0.2) is 10.1 Å². The van der Waals surface area contributed by atoms with Crippen LogP contribution in [-0.2, 0) is 6.61 Å². The quantitative estimate of drug-likeness (QED) is 0.905. The number of aromatic nitrogens is 1. The molecule has 1 N–H and O–H groups in total. The van der Waals surface area contributed by atoms with Crippen molar-refractivity contribution in [2.24, 2.45) is 0 Å². The molecule has 0 spiro atoms. The second-order valence-corrected chi connectivity index (χ2v) is 5.45. The van der Waals surface area contributed by atoms with Crippen molar-refractivity contribution in [1.29, 1.82) is 0 Å². The first-order chi connectivity index (χ1) is 9.51. The van der Waals surface area contributed by atoms with Gasteiger partial charge in [0.1, 0.15) is 5.75 Å². The molecule has 3 nitrogen and oxygen atoms in total. The summed E-state index contributed by atoms with van der Waals surface area (Å²) in [6, 6.07) is 7.63. The Morgan fingerprint density at radius 2 is 2.05 bits per heavy atom. The molecular weight excluding hydrogens is 274 g/mol. The number of benzene rings is 1. The Bertz CT molecular complexity index is 611. The molecule has 0 fully saturated rings. The van der Waals surface area contributed by atoms with Crippen molar-refractivity contribution < 1.29 is 9.84 Å². The van der Waals surface area contributed by atoms with Crippen molar-refractivity contribution in [2.45, 2.75) is 33.3 Å². The lowest BCUT2D eigenvalue weighted by atomic mass is 9.98. The standard InChI is InChI=1S/C16H18ClNO2/c1-10(2)14-5-4-13(6-11(14)3)20-16-7-12(9-19)15(17)8-18-16/h4-8,10,19H,9H2,1-3H3. The average molecular weight is 292 g/mol. The maximum absolute atomic E-state index is 9.18. The SMILES string of the molecule is Cc1cc(Oc2cc(CO)c(Cl)cn2)ccc1C(C)C. The van der Waals surface area contributed by atoms with E-state index in [1.165, 1.54) is 17.3 Å². The molecular formula is C16H18ClNO2. The minimum atomic E-state index is -0.136. The lowest BCUT2D eigenvalue weighted by Crippen LogP contribution is -1.95. The molecule has 1 aromatic carbocycles. The van der Waals surface area contributed by atoms with Gasteiger partial charge in [-0.05, 0) is 36.1 Å². The fourth-order valence-electron chi connectivity index (χ4n) is 2.12. The van der Waals surface area contributed by atoms with Crippen LogP contribution in [0.5, 0.6) is 11.6 Å². The van der Waals surface area contributed by atoms with Gasteiger partial charge in [0.25, 0.3) is 0 Å². The zero-order valence-corrected chi connectivity index (χ0v) is 12.6. The van der Waals surface area contributed by atoms with Crippen LogP contribution in [0.2, 0.25) is 5.02 Å². The van der Waals surface area contributed by atoms with E-state index in [-0.39, 0.29) is 6.61 Å². The molecule has 1 aromatic heterocycles. The summed E-state index contributed by atoms with van der Waals surface area (Å²) in [5.74, 6) is 1.64. The predicted octanol–water partition coefficient (Wildman–Crippen LogP) is 4.45. The summed E-state index contributed by atoms with van der Waals surface area (Å²) < 4.78 is 5.71. The molecule has 0 aliphatic rings. The fraction of sp³-hybridized carbons (Fsp3) is 0.312. The molecule has 106 valence electrons. The van der Waals surface area contributed by atoms with E-state index in [0.29, 0.717) is 22.4 Å². The Morgan fingerprint density at radius 1 is 1.30 bits per heavy atom. The topological polar surface area (TPSA) is 42.4 Å². The maximum Gasteiger partial charge on any atom is 0.219 e. The van der Waals surface area contributed by atoms with E-state index in [0.717, 1.165) is 5.75 Å². The normalized spacial score (nSPS) is 10.9. The predicted molar refractivity (Wildman–Crippen MR) is 80.5 cm³/mol. The number of nitrogens with zero attached hydrogens (tertiary/aromatic N) is 1. The van der Waals surface area contributed by atoms with Gasteiger partial charge >= 0.3 is 0 Å². The Balaban J connectivity index is 2.24. The molecule has 0 aliphatic carbocycles. The van der Waals surface area contributed by atoms with Crippen molar-refractivity contribution >= 4 is 11.6 Å². The third kappa shape index (κ3) is 3.30. The summed E-state index contributed by atoms with van der Waals surface area (Å²) in [5, 5.41) is 9.62. The summed E-state index contributed by atoms with van der Waals surface area (Å²) >= 11 is 5.90. The van der Waals surface area contributed by atoms with Gasteiger partial charge < -0.3 is 9.84 Å². The van der Waals surface area contributed by atoms with Gasteiger partial charge in [-0.1, -0.05) is 31.5 Å². The van der Waals surface area contributed by atoms with Crippen LogP contribution >= 0.6 is 11.6 Å². The molecule has 0 atom stereocenters. The number of aliphatic hydroxyl groups excluding tert-OH is 1. The molecule has 0 aliphatic heterocycles. The van der Waals surface area contributed by atoms with E-state index >= 15 is 0 Å². The molecule has 0 saturated heterocycles. The number of halogens is 1. The first-order valence-electron chi connectivity index (χ1n) is 6.55. The summed E-state index contributed by atoms with van der Waals surface area (Å²) in [6.45, 7) is 6.26. The van der Waals surface area contributed by atoms with Gasteiger partial charge in [-0.15, -0.1) is 0 Å². The molecule has 1 heterocycles. The van der Waals surface area contributed by atoms with Gasteiger partial charge in [0.15, 0.2) is 0 Å². The van der Waals surface area contributed by atoms with Crippen LogP contribution in [0, 0.1) is 6.92 Å². The highest BCUT2D eigenvalue weighted by atomic mass is 35.5. The third-order valence-corrected chi connectivity index (χ3v) is 3.51. The van der Waals surface area contributed by atoms with E-state index in [2.05, 4.69) is 31.8 Å². The Labute approximate surface area is 124 Å². The van der Waals surface area contributed by atoms with Crippen molar-refractivity contribution in [1.82, 2.24) is 4.98 Å². The second-order valence-electron chi connectivity index (χ2n) is 5.05. The molecule has 4 heteroatoms. The van der Waals surface area contributed by atoms with E-state index in [1.807, 2.05) is 12.1 Å². The van der Waals surface area contributed by atoms with Crippen molar-refractivity contribution in [2.75, 3.05) is 0 Å². The number of rotatable bonds is 4. The highest BCUT2D eigenvalue weighted by Crippen LogP contribution is 2.27. The zero-order chi connectivity index (χ0) is 14.7. The van der Waals surface area contributed by atoms with Crippen molar-refractivity contribution in [3.05, 3.63) is 52.2 Å².